The van der Waals surface area contributed by atoms with Crippen LogP contribution in [0.25, 0.3) is 0 Å². The van der Waals surface area contributed by atoms with Crippen molar-refractivity contribution in [2.45, 2.75) is 101 Å². The van der Waals surface area contributed by atoms with E-state index in [1.54, 1.807) is 24.3 Å². The second-order valence-electron chi connectivity index (χ2n) is 12.5. The van der Waals surface area contributed by atoms with Crippen LogP contribution in [0.4, 0.5) is 0 Å². The Morgan fingerprint density at radius 1 is 0.838 bits per heavy atom. The Bertz CT molecular complexity index is 1210. The second-order valence-corrected chi connectivity index (χ2v) is 14.5. The molecule has 0 bridgehead atoms. The molecule has 2 amide bonds. The third-order valence-electron chi connectivity index (χ3n) is 7.23. The number of rotatable bonds is 6. The van der Waals surface area contributed by atoms with E-state index in [0.29, 0.717) is 18.4 Å². The van der Waals surface area contributed by atoms with Gasteiger partial charge in [0, 0.05) is 18.4 Å². The lowest BCUT2D eigenvalue weighted by Crippen LogP contribution is -2.59. The normalized spacial score (nSPS) is 16.2. The van der Waals surface area contributed by atoms with Crippen LogP contribution in [0, 0.1) is 0 Å². The van der Waals surface area contributed by atoms with E-state index in [1.165, 1.54) is 6.26 Å². The Morgan fingerprint density at radius 3 is 1.81 bits per heavy atom. The fraction of sp³-hybridized carbons (Fsp3) is 0.533. The van der Waals surface area contributed by atoms with E-state index in [0.717, 1.165) is 36.0 Å². The summed E-state index contributed by atoms with van der Waals surface area (Å²) >= 11 is 0. The molecule has 2 aromatic carbocycles. The first-order valence-corrected chi connectivity index (χ1v) is 15.0. The van der Waals surface area contributed by atoms with Crippen molar-refractivity contribution in [3.8, 4) is 0 Å². The molecule has 1 fully saturated rings. The molecule has 0 atom stereocenters. The largest absolute Gasteiger partial charge is 0.350 e. The minimum Gasteiger partial charge on any atom is -0.350 e. The van der Waals surface area contributed by atoms with Crippen molar-refractivity contribution in [1.82, 2.24) is 10.6 Å². The zero-order valence-corrected chi connectivity index (χ0v) is 24.1. The maximum atomic E-state index is 13.6. The van der Waals surface area contributed by atoms with Gasteiger partial charge in [0.1, 0.15) is 5.54 Å². The number of sulfone groups is 1. The SMILES string of the molecule is CC(C)(C)c1cc(C(=O)NC2(C(=O)NCc3ccc(S(C)(=O)=O)cc3)CCCCC2)cc(C(C)(C)C)c1. The number of benzene rings is 2. The molecule has 1 saturated carbocycles. The Labute approximate surface area is 222 Å². The monoisotopic (exact) mass is 526 g/mol. The molecule has 0 saturated heterocycles. The molecule has 0 aromatic heterocycles. The summed E-state index contributed by atoms with van der Waals surface area (Å²) in [6.07, 6.45) is 5.11. The predicted octanol–water partition coefficient (Wildman–Crippen LogP) is 5.43. The number of nitrogens with one attached hydrogen (secondary N) is 2. The van der Waals surface area contributed by atoms with Crippen molar-refractivity contribution in [2.75, 3.05) is 6.26 Å². The summed E-state index contributed by atoms with van der Waals surface area (Å²) in [6.45, 7) is 13.1. The molecule has 202 valence electrons. The molecule has 1 aliphatic rings. The first kappa shape index (κ1) is 28.9. The van der Waals surface area contributed by atoms with Gasteiger partial charge >= 0.3 is 0 Å². The van der Waals surface area contributed by atoms with E-state index in [1.807, 2.05) is 12.1 Å². The molecular formula is C30H42N2O4S. The Kier molecular flexibility index (Phi) is 8.28. The molecule has 0 heterocycles. The summed E-state index contributed by atoms with van der Waals surface area (Å²) < 4.78 is 23.4. The van der Waals surface area contributed by atoms with Gasteiger partial charge in [-0.05, 0) is 64.6 Å². The molecule has 2 aromatic rings. The van der Waals surface area contributed by atoms with Crippen molar-refractivity contribution in [3.05, 3.63) is 64.7 Å². The van der Waals surface area contributed by atoms with E-state index >= 15 is 0 Å². The molecule has 0 spiro atoms. The lowest BCUT2D eigenvalue weighted by Gasteiger charge is -2.37. The highest BCUT2D eigenvalue weighted by Gasteiger charge is 2.41. The van der Waals surface area contributed by atoms with Crippen molar-refractivity contribution in [3.63, 3.8) is 0 Å². The summed E-state index contributed by atoms with van der Waals surface area (Å²) in [5.74, 6) is -0.429. The zero-order chi connectivity index (χ0) is 27.6. The third kappa shape index (κ3) is 7.22. The summed E-state index contributed by atoms with van der Waals surface area (Å²) in [4.78, 5) is 27.4. The van der Waals surface area contributed by atoms with Crippen LogP contribution >= 0.6 is 0 Å². The fourth-order valence-corrected chi connectivity index (χ4v) is 5.31. The minimum absolute atomic E-state index is 0.122. The topological polar surface area (TPSA) is 92.3 Å². The van der Waals surface area contributed by atoms with Gasteiger partial charge < -0.3 is 10.6 Å². The first-order chi connectivity index (χ1) is 17.0. The lowest BCUT2D eigenvalue weighted by molar-refractivity contribution is -0.128. The Hall–Kier alpha value is -2.67. The highest BCUT2D eigenvalue weighted by atomic mass is 32.2. The van der Waals surface area contributed by atoms with Crippen LogP contribution in [-0.4, -0.2) is 32.0 Å². The highest BCUT2D eigenvalue weighted by Crippen LogP contribution is 2.32. The number of amides is 2. The van der Waals surface area contributed by atoms with Crippen LogP contribution in [0.3, 0.4) is 0 Å². The van der Waals surface area contributed by atoms with Crippen molar-refractivity contribution >= 4 is 21.7 Å². The molecular weight excluding hydrogens is 484 g/mol. The molecule has 3 rings (SSSR count). The number of hydrogen-bond donors (Lipinski definition) is 2. The molecule has 6 nitrogen and oxygen atoms in total. The van der Waals surface area contributed by atoms with E-state index in [-0.39, 0.29) is 34.1 Å². The second kappa shape index (κ2) is 10.6. The molecule has 37 heavy (non-hydrogen) atoms. The van der Waals surface area contributed by atoms with Crippen molar-refractivity contribution < 1.29 is 18.0 Å². The molecule has 7 heteroatoms. The van der Waals surface area contributed by atoms with E-state index < -0.39 is 15.4 Å². The van der Waals surface area contributed by atoms with Gasteiger partial charge in [0.25, 0.3) is 5.91 Å². The maximum Gasteiger partial charge on any atom is 0.252 e. The summed E-state index contributed by atoms with van der Waals surface area (Å²) in [5.41, 5.74) is 2.33. The predicted molar refractivity (Wildman–Crippen MR) is 149 cm³/mol. The van der Waals surface area contributed by atoms with Gasteiger partial charge in [-0.2, -0.15) is 0 Å². The maximum absolute atomic E-state index is 13.6. The average molecular weight is 527 g/mol. The quantitative estimate of drug-likeness (QED) is 0.525. The standard InChI is InChI=1S/C30H42N2O4S/c1-28(2,3)23-17-22(18-24(19-23)29(4,5)6)26(33)32-30(15-9-8-10-16-30)27(34)31-20-21-11-13-25(14-12-21)37(7,35)36/h11-14,17-19H,8-10,15-16,20H2,1-7H3,(H,31,34)(H,32,33). The average Bonchev–Trinajstić information content (AvgIpc) is 2.81. The van der Waals surface area contributed by atoms with Crippen LogP contribution in [-0.2, 0) is 32.0 Å². The number of hydrogen-bond acceptors (Lipinski definition) is 4. The van der Waals surface area contributed by atoms with Crippen LogP contribution in [0.15, 0.2) is 47.4 Å². The summed E-state index contributed by atoms with van der Waals surface area (Å²) in [6, 6.07) is 12.6. The Morgan fingerprint density at radius 2 is 1.35 bits per heavy atom. The molecule has 0 unspecified atom stereocenters. The number of carbonyl (C=O) groups is 2. The molecule has 0 radical (unpaired) electrons. The van der Waals surface area contributed by atoms with Gasteiger partial charge in [-0.15, -0.1) is 0 Å². The zero-order valence-electron chi connectivity index (χ0n) is 23.3. The van der Waals surface area contributed by atoms with Crippen LogP contribution in [0.5, 0.6) is 0 Å². The number of carbonyl (C=O) groups excluding carboxylic acids is 2. The van der Waals surface area contributed by atoms with Crippen molar-refractivity contribution in [2.24, 2.45) is 0 Å². The summed E-state index contributed by atoms with van der Waals surface area (Å²) in [5, 5.41) is 6.13. The molecule has 2 N–H and O–H groups in total. The van der Waals surface area contributed by atoms with Gasteiger partial charge in [0.15, 0.2) is 9.84 Å². The van der Waals surface area contributed by atoms with Gasteiger partial charge in [0.05, 0.1) is 4.90 Å². The van der Waals surface area contributed by atoms with E-state index in [4.69, 9.17) is 0 Å². The molecule has 1 aliphatic carbocycles. The lowest BCUT2D eigenvalue weighted by atomic mass is 9.78. The Balaban J connectivity index is 1.84. The van der Waals surface area contributed by atoms with Gasteiger partial charge in [-0.3, -0.25) is 9.59 Å². The highest BCUT2D eigenvalue weighted by molar-refractivity contribution is 7.90. The van der Waals surface area contributed by atoms with Gasteiger partial charge in [-0.25, -0.2) is 8.42 Å². The third-order valence-corrected chi connectivity index (χ3v) is 8.35. The fourth-order valence-electron chi connectivity index (χ4n) is 4.68. The van der Waals surface area contributed by atoms with E-state index in [9.17, 15) is 18.0 Å². The van der Waals surface area contributed by atoms with Gasteiger partial charge in [-0.1, -0.05) is 79.0 Å². The summed E-state index contributed by atoms with van der Waals surface area (Å²) in [7, 11) is -3.28. The van der Waals surface area contributed by atoms with Crippen LogP contribution < -0.4 is 10.6 Å². The minimum atomic E-state index is -3.28. The van der Waals surface area contributed by atoms with Crippen molar-refractivity contribution in [1.29, 1.82) is 0 Å². The van der Waals surface area contributed by atoms with Gasteiger partial charge in [0.2, 0.25) is 5.91 Å². The van der Waals surface area contributed by atoms with Crippen LogP contribution in [0.1, 0.15) is 101 Å². The first-order valence-electron chi connectivity index (χ1n) is 13.1. The van der Waals surface area contributed by atoms with Crippen LogP contribution in [0.2, 0.25) is 0 Å². The van der Waals surface area contributed by atoms with E-state index in [2.05, 4.69) is 58.2 Å². The smallest absolute Gasteiger partial charge is 0.252 e. The molecule has 0 aliphatic heterocycles.